The van der Waals surface area contributed by atoms with Crippen LogP contribution in [0.1, 0.15) is 25.8 Å². The molecule has 0 heterocycles. The molecule has 0 amide bonds. The van der Waals surface area contributed by atoms with Crippen LogP contribution in [0.15, 0.2) is 17.0 Å². The van der Waals surface area contributed by atoms with Crippen LogP contribution in [-0.2, 0) is 10.0 Å². The first kappa shape index (κ1) is 15.7. The predicted octanol–water partition coefficient (Wildman–Crippen LogP) is 0.798. The topological polar surface area (TPSA) is 118 Å². The second-order valence-electron chi connectivity index (χ2n) is 5.22. The normalized spacial score (nSPS) is 12.5. The summed E-state index contributed by atoms with van der Waals surface area (Å²) < 4.78 is 23.0. The number of nitrogen functional groups attached to an aromatic ring is 1. The summed E-state index contributed by atoms with van der Waals surface area (Å²) in [6.45, 7) is 5.50. The van der Waals surface area contributed by atoms with Crippen molar-refractivity contribution in [2.24, 2.45) is 5.14 Å². The van der Waals surface area contributed by atoms with Crippen LogP contribution in [-0.4, -0.2) is 25.7 Å². The molecular formula is C12H21N3O3S. The van der Waals surface area contributed by atoms with Gasteiger partial charge in [0.1, 0.15) is 0 Å². The molecule has 108 valence electrons. The Morgan fingerprint density at radius 2 is 1.95 bits per heavy atom. The summed E-state index contributed by atoms with van der Waals surface area (Å²) >= 11 is 0. The number of sulfonamides is 1. The van der Waals surface area contributed by atoms with Crippen LogP contribution in [0.4, 0.5) is 11.4 Å². The molecule has 0 aliphatic carbocycles. The van der Waals surface area contributed by atoms with Crippen LogP contribution in [0.3, 0.4) is 0 Å². The Morgan fingerprint density at radius 1 is 1.37 bits per heavy atom. The van der Waals surface area contributed by atoms with Gasteiger partial charge in [-0.15, -0.1) is 0 Å². The number of benzene rings is 1. The van der Waals surface area contributed by atoms with E-state index in [1.807, 2.05) is 13.8 Å². The monoisotopic (exact) mass is 287 g/mol. The Labute approximate surface area is 113 Å². The lowest BCUT2D eigenvalue weighted by molar-refractivity contribution is 0.261. The summed E-state index contributed by atoms with van der Waals surface area (Å²) in [6.07, 6.45) is 0.520. The molecule has 0 aromatic heterocycles. The van der Waals surface area contributed by atoms with E-state index in [4.69, 9.17) is 16.0 Å². The highest BCUT2D eigenvalue weighted by molar-refractivity contribution is 7.89. The van der Waals surface area contributed by atoms with E-state index in [-0.39, 0.29) is 17.0 Å². The van der Waals surface area contributed by atoms with E-state index >= 15 is 0 Å². The van der Waals surface area contributed by atoms with Crippen molar-refractivity contribution in [2.45, 2.75) is 37.6 Å². The van der Waals surface area contributed by atoms with E-state index in [2.05, 4.69) is 5.32 Å². The number of aliphatic hydroxyl groups is 1. The third kappa shape index (κ3) is 4.09. The standard InChI is InChI=1S/C12H21N3O3S/c1-8-10(15-12(2,3)4-5-16)6-9(13)7-11(8)19(14,17)18/h6-7,15-16H,4-5,13H2,1-3H3,(H2,14,17,18). The van der Waals surface area contributed by atoms with Crippen molar-refractivity contribution in [3.8, 4) is 0 Å². The largest absolute Gasteiger partial charge is 0.399 e. The van der Waals surface area contributed by atoms with Gasteiger partial charge in [0.2, 0.25) is 10.0 Å². The average molecular weight is 287 g/mol. The van der Waals surface area contributed by atoms with Gasteiger partial charge in [-0.25, -0.2) is 13.6 Å². The van der Waals surface area contributed by atoms with E-state index in [1.54, 1.807) is 13.0 Å². The smallest absolute Gasteiger partial charge is 0.238 e. The highest BCUT2D eigenvalue weighted by atomic mass is 32.2. The van der Waals surface area contributed by atoms with E-state index < -0.39 is 10.0 Å². The minimum atomic E-state index is -3.82. The fraction of sp³-hybridized carbons (Fsp3) is 0.500. The van der Waals surface area contributed by atoms with Crippen LogP contribution in [0, 0.1) is 6.92 Å². The first-order valence-corrected chi connectivity index (χ1v) is 7.43. The molecule has 1 aromatic carbocycles. The molecule has 0 saturated carbocycles. The molecule has 0 spiro atoms. The van der Waals surface area contributed by atoms with E-state index in [9.17, 15) is 8.42 Å². The molecular weight excluding hydrogens is 266 g/mol. The number of nitrogens with two attached hydrogens (primary N) is 2. The van der Waals surface area contributed by atoms with Gasteiger partial charge in [-0.05, 0) is 44.9 Å². The zero-order valence-electron chi connectivity index (χ0n) is 11.4. The van der Waals surface area contributed by atoms with Gasteiger partial charge in [-0.2, -0.15) is 0 Å². The summed E-state index contributed by atoms with van der Waals surface area (Å²) in [7, 11) is -3.82. The lowest BCUT2D eigenvalue weighted by Gasteiger charge is -2.28. The third-order valence-electron chi connectivity index (χ3n) is 2.90. The van der Waals surface area contributed by atoms with Gasteiger partial charge in [-0.3, -0.25) is 0 Å². The second kappa shape index (κ2) is 5.36. The maximum atomic E-state index is 11.5. The van der Waals surface area contributed by atoms with Crippen LogP contribution in [0.2, 0.25) is 0 Å². The fourth-order valence-corrected chi connectivity index (χ4v) is 2.68. The number of nitrogens with one attached hydrogen (secondary N) is 1. The van der Waals surface area contributed by atoms with E-state index in [0.29, 0.717) is 23.4 Å². The van der Waals surface area contributed by atoms with Crippen molar-refractivity contribution < 1.29 is 13.5 Å². The Hall–Kier alpha value is -1.31. The van der Waals surface area contributed by atoms with Gasteiger partial charge in [0.05, 0.1) is 4.90 Å². The highest BCUT2D eigenvalue weighted by Crippen LogP contribution is 2.29. The van der Waals surface area contributed by atoms with Crippen LogP contribution in [0.5, 0.6) is 0 Å². The van der Waals surface area contributed by atoms with Crippen molar-refractivity contribution in [3.05, 3.63) is 17.7 Å². The van der Waals surface area contributed by atoms with Gasteiger partial charge in [-0.1, -0.05) is 0 Å². The van der Waals surface area contributed by atoms with Gasteiger partial charge >= 0.3 is 0 Å². The summed E-state index contributed by atoms with van der Waals surface area (Å²) in [4.78, 5) is 0.00907. The number of anilines is 2. The lowest BCUT2D eigenvalue weighted by atomic mass is 10.00. The third-order valence-corrected chi connectivity index (χ3v) is 3.94. The minimum Gasteiger partial charge on any atom is -0.399 e. The van der Waals surface area contributed by atoms with Crippen molar-refractivity contribution in [2.75, 3.05) is 17.7 Å². The number of hydrogen-bond donors (Lipinski definition) is 4. The van der Waals surface area contributed by atoms with E-state index in [1.165, 1.54) is 6.07 Å². The molecule has 0 unspecified atom stereocenters. The van der Waals surface area contributed by atoms with Crippen LogP contribution >= 0.6 is 0 Å². The zero-order valence-corrected chi connectivity index (χ0v) is 12.2. The summed E-state index contributed by atoms with van der Waals surface area (Å²) in [5.74, 6) is 0. The zero-order chi connectivity index (χ0) is 14.8. The number of primary sulfonamides is 1. The Kier molecular flexibility index (Phi) is 4.44. The Bertz CT molecular complexity index is 568. The molecule has 7 heteroatoms. The molecule has 1 rings (SSSR count). The van der Waals surface area contributed by atoms with Crippen molar-refractivity contribution in [3.63, 3.8) is 0 Å². The molecule has 1 aromatic rings. The molecule has 0 saturated heterocycles. The molecule has 19 heavy (non-hydrogen) atoms. The first-order chi connectivity index (χ1) is 8.57. The second-order valence-corrected chi connectivity index (χ2v) is 6.75. The molecule has 0 fully saturated rings. The SMILES string of the molecule is Cc1c(NC(C)(C)CCO)cc(N)cc1S(N)(=O)=O. The van der Waals surface area contributed by atoms with Gasteiger partial charge in [0.15, 0.2) is 0 Å². The van der Waals surface area contributed by atoms with Gasteiger partial charge in [0.25, 0.3) is 0 Å². The predicted molar refractivity (Wildman–Crippen MR) is 76.4 cm³/mol. The van der Waals surface area contributed by atoms with Crippen LogP contribution in [0.25, 0.3) is 0 Å². The molecule has 6 N–H and O–H groups in total. The quantitative estimate of drug-likeness (QED) is 0.597. The summed E-state index contributed by atoms with van der Waals surface area (Å²) in [6, 6.07) is 3.00. The fourth-order valence-electron chi connectivity index (χ4n) is 1.84. The lowest BCUT2D eigenvalue weighted by Crippen LogP contribution is -2.32. The molecule has 0 aliphatic heterocycles. The Balaban J connectivity index is 3.27. The highest BCUT2D eigenvalue weighted by Gasteiger charge is 2.21. The van der Waals surface area contributed by atoms with Crippen LogP contribution < -0.4 is 16.2 Å². The number of rotatable bonds is 5. The average Bonchev–Trinajstić information content (AvgIpc) is 2.20. The summed E-state index contributed by atoms with van der Waals surface area (Å²) in [5.41, 5.74) is 6.75. The van der Waals surface area contributed by atoms with Crippen molar-refractivity contribution in [1.29, 1.82) is 0 Å². The molecule has 0 aliphatic rings. The maximum absolute atomic E-state index is 11.5. The van der Waals surface area contributed by atoms with Gasteiger partial charge in [0, 0.05) is 23.5 Å². The minimum absolute atomic E-state index is 0.00907. The molecule has 0 bridgehead atoms. The molecule has 0 atom stereocenters. The maximum Gasteiger partial charge on any atom is 0.238 e. The molecule has 0 radical (unpaired) electrons. The molecule has 6 nitrogen and oxygen atoms in total. The first-order valence-electron chi connectivity index (χ1n) is 5.89. The Morgan fingerprint density at radius 3 is 2.42 bits per heavy atom. The summed E-state index contributed by atoms with van der Waals surface area (Å²) in [5, 5.41) is 17.4. The van der Waals surface area contributed by atoms with E-state index in [0.717, 1.165) is 0 Å². The number of aliphatic hydroxyl groups excluding tert-OH is 1. The number of hydrogen-bond acceptors (Lipinski definition) is 5. The van der Waals surface area contributed by atoms with Crippen molar-refractivity contribution in [1.82, 2.24) is 0 Å². The van der Waals surface area contributed by atoms with Crippen molar-refractivity contribution >= 4 is 21.4 Å². The van der Waals surface area contributed by atoms with Gasteiger partial charge < -0.3 is 16.2 Å².